The van der Waals surface area contributed by atoms with E-state index in [1.54, 1.807) is 17.4 Å². The van der Waals surface area contributed by atoms with Gasteiger partial charge in [0.25, 0.3) is 0 Å². The monoisotopic (exact) mass is 291 g/mol. The summed E-state index contributed by atoms with van der Waals surface area (Å²) < 4.78 is 14.1. The molecule has 3 rings (SSSR count). The van der Waals surface area contributed by atoms with Crippen molar-refractivity contribution in [1.29, 1.82) is 0 Å². The van der Waals surface area contributed by atoms with Crippen molar-refractivity contribution < 1.29 is 9.50 Å². The van der Waals surface area contributed by atoms with Crippen molar-refractivity contribution in [3.63, 3.8) is 0 Å². The van der Waals surface area contributed by atoms with Crippen LogP contribution in [0.3, 0.4) is 0 Å². The molecule has 2 aromatic rings. The number of aliphatic hydroxyl groups excluding tert-OH is 1. The maximum Gasteiger partial charge on any atom is 0.125 e. The molecule has 1 aliphatic carbocycles. The number of aromatic nitrogens is 1. The zero-order valence-electron chi connectivity index (χ0n) is 11.3. The van der Waals surface area contributed by atoms with Gasteiger partial charge in [0.15, 0.2) is 0 Å². The normalized spacial score (nSPS) is 23.7. The predicted octanol–water partition coefficient (Wildman–Crippen LogP) is 4.25. The molecule has 0 saturated heterocycles. The number of rotatable bonds is 3. The summed E-state index contributed by atoms with van der Waals surface area (Å²) in [5, 5.41) is 10.2. The number of fused-ring (bicyclic) bond motifs is 1. The van der Waals surface area contributed by atoms with E-state index in [0.29, 0.717) is 18.4 Å². The lowest BCUT2D eigenvalue weighted by Crippen LogP contribution is -2.16. The molecule has 2 unspecified atom stereocenters. The molecular formula is C16H18FNOS. The highest BCUT2D eigenvalue weighted by Crippen LogP contribution is 2.31. The third-order valence-electron chi connectivity index (χ3n) is 3.96. The zero-order chi connectivity index (χ0) is 13.9. The van der Waals surface area contributed by atoms with Crippen molar-refractivity contribution in [2.24, 2.45) is 11.8 Å². The van der Waals surface area contributed by atoms with Gasteiger partial charge in [-0.1, -0.05) is 12.5 Å². The minimum Gasteiger partial charge on any atom is -0.396 e. The molecule has 1 heterocycles. The molecule has 4 heteroatoms. The highest BCUT2D eigenvalue weighted by atomic mass is 32.1. The fourth-order valence-corrected chi connectivity index (χ4v) is 3.74. The summed E-state index contributed by atoms with van der Waals surface area (Å²) in [6.45, 7) is 0.296. The largest absolute Gasteiger partial charge is 0.396 e. The van der Waals surface area contributed by atoms with Crippen molar-refractivity contribution in [1.82, 2.24) is 4.98 Å². The molecule has 106 valence electrons. The number of nitrogens with zero attached hydrogens (tertiary/aromatic N) is 1. The Balaban J connectivity index is 1.73. The molecule has 1 N–H and O–H groups in total. The Hall–Kier alpha value is -1.26. The van der Waals surface area contributed by atoms with Gasteiger partial charge in [-0.3, -0.25) is 0 Å². The fraction of sp³-hybridized carbons (Fsp3) is 0.438. The molecule has 1 aromatic carbocycles. The molecule has 1 aliphatic rings. The van der Waals surface area contributed by atoms with Gasteiger partial charge in [-0.15, -0.1) is 11.3 Å². The minimum absolute atomic E-state index is 0.239. The van der Waals surface area contributed by atoms with Crippen LogP contribution in [0.4, 0.5) is 4.39 Å². The van der Waals surface area contributed by atoms with E-state index in [4.69, 9.17) is 0 Å². The molecule has 0 radical (unpaired) electrons. The Bertz CT molecular complexity index is 622. The number of hydrogen-bond acceptors (Lipinski definition) is 3. The molecule has 2 nitrogen and oxygen atoms in total. The van der Waals surface area contributed by atoms with Gasteiger partial charge in [0.2, 0.25) is 0 Å². The topological polar surface area (TPSA) is 33.1 Å². The van der Waals surface area contributed by atoms with E-state index in [9.17, 15) is 9.50 Å². The number of benzene rings is 1. The third-order valence-corrected chi connectivity index (χ3v) is 4.96. The quantitative estimate of drug-likeness (QED) is 0.917. The van der Waals surface area contributed by atoms with E-state index in [1.165, 1.54) is 25.0 Å². The smallest absolute Gasteiger partial charge is 0.125 e. The molecule has 1 fully saturated rings. The minimum atomic E-state index is -0.239. The SMILES string of the molecule is OCC1CCCC(/C=C/c2nc3cc(F)ccc3s2)C1. The third kappa shape index (κ3) is 3.07. The average molecular weight is 291 g/mol. The van der Waals surface area contributed by atoms with E-state index < -0.39 is 0 Å². The van der Waals surface area contributed by atoms with Crippen molar-refractivity contribution >= 4 is 27.6 Å². The summed E-state index contributed by atoms with van der Waals surface area (Å²) in [5.74, 6) is 0.740. The highest BCUT2D eigenvalue weighted by molar-refractivity contribution is 7.19. The number of allylic oxidation sites excluding steroid dienone is 1. The van der Waals surface area contributed by atoms with Gasteiger partial charge in [-0.2, -0.15) is 0 Å². The second-order valence-electron chi connectivity index (χ2n) is 5.50. The first-order valence-electron chi connectivity index (χ1n) is 7.10. The van der Waals surface area contributed by atoms with Crippen LogP contribution in [-0.2, 0) is 0 Å². The predicted molar refractivity (Wildman–Crippen MR) is 81.1 cm³/mol. The lowest BCUT2D eigenvalue weighted by molar-refractivity contribution is 0.174. The number of thiazole rings is 1. The summed E-state index contributed by atoms with van der Waals surface area (Å²) in [6, 6.07) is 4.73. The van der Waals surface area contributed by atoms with Crippen LogP contribution in [0, 0.1) is 17.7 Å². The number of halogens is 1. The first-order chi connectivity index (χ1) is 9.74. The highest BCUT2D eigenvalue weighted by Gasteiger charge is 2.19. The van der Waals surface area contributed by atoms with Crippen LogP contribution < -0.4 is 0 Å². The first kappa shape index (κ1) is 13.7. The van der Waals surface area contributed by atoms with Crippen LogP contribution >= 0.6 is 11.3 Å². The second-order valence-corrected chi connectivity index (χ2v) is 6.56. The van der Waals surface area contributed by atoms with Crippen LogP contribution in [0.2, 0.25) is 0 Å². The Kier molecular flexibility index (Phi) is 4.13. The molecule has 0 spiro atoms. The number of hydrogen-bond donors (Lipinski definition) is 1. The van der Waals surface area contributed by atoms with Crippen LogP contribution in [0.5, 0.6) is 0 Å². The zero-order valence-corrected chi connectivity index (χ0v) is 12.1. The lowest BCUT2D eigenvalue weighted by atomic mass is 9.82. The fourth-order valence-electron chi connectivity index (χ4n) is 2.88. The Morgan fingerprint density at radius 2 is 2.30 bits per heavy atom. The summed E-state index contributed by atoms with van der Waals surface area (Å²) in [7, 11) is 0. The van der Waals surface area contributed by atoms with E-state index >= 15 is 0 Å². The number of aliphatic hydroxyl groups is 1. The van der Waals surface area contributed by atoms with E-state index in [2.05, 4.69) is 11.1 Å². The van der Waals surface area contributed by atoms with Crippen LogP contribution in [0.1, 0.15) is 30.7 Å². The van der Waals surface area contributed by atoms with Crippen LogP contribution in [-0.4, -0.2) is 16.7 Å². The molecule has 1 aromatic heterocycles. The molecule has 0 bridgehead atoms. The summed E-state index contributed by atoms with van der Waals surface area (Å²) in [4.78, 5) is 4.44. The van der Waals surface area contributed by atoms with Crippen molar-refractivity contribution in [3.05, 3.63) is 35.1 Å². The van der Waals surface area contributed by atoms with Crippen molar-refractivity contribution in [3.8, 4) is 0 Å². The molecule has 1 saturated carbocycles. The average Bonchev–Trinajstić information content (AvgIpc) is 2.87. The van der Waals surface area contributed by atoms with Crippen molar-refractivity contribution in [2.45, 2.75) is 25.7 Å². The van der Waals surface area contributed by atoms with Gasteiger partial charge in [-0.05, 0) is 49.3 Å². The molecule has 0 aliphatic heterocycles. The van der Waals surface area contributed by atoms with Gasteiger partial charge < -0.3 is 5.11 Å². The van der Waals surface area contributed by atoms with E-state index in [1.807, 2.05) is 6.08 Å². The van der Waals surface area contributed by atoms with E-state index in [0.717, 1.165) is 28.1 Å². The molecule has 2 atom stereocenters. The van der Waals surface area contributed by atoms with Gasteiger partial charge in [-0.25, -0.2) is 9.37 Å². The molecular weight excluding hydrogens is 273 g/mol. The summed E-state index contributed by atoms with van der Waals surface area (Å²) >= 11 is 1.59. The summed E-state index contributed by atoms with van der Waals surface area (Å²) in [6.07, 6.45) is 8.83. The maximum atomic E-state index is 13.1. The Morgan fingerprint density at radius 1 is 1.40 bits per heavy atom. The van der Waals surface area contributed by atoms with Crippen LogP contribution in [0.25, 0.3) is 16.3 Å². The van der Waals surface area contributed by atoms with Gasteiger partial charge in [0, 0.05) is 12.7 Å². The Labute approximate surface area is 122 Å². The standard InChI is InChI=1S/C16H18FNOS/c17-13-5-6-15-14(9-13)18-16(20-15)7-4-11-2-1-3-12(8-11)10-19/h4-7,9,11-12,19H,1-3,8,10H2/b7-4+. The van der Waals surface area contributed by atoms with Crippen LogP contribution in [0.15, 0.2) is 24.3 Å². The van der Waals surface area contributed by atoms with Gasteiger partial charge >= 0.3 is 0 Å². The van der Waals surface area contributed by atoms with Gasteiger partial charge in [0.1, 0.15) is 10.8 Å². The van der Waals surface area contributed by atoms with E-state index in [-0.39, 0.29) is 5.82 Å². The summed E-state index contributed by atoms with van der Waals surface area (Å²) in [5.41, 5.74) is 0.728. The lowest BCUT2D eigenvalue weighted by Gasteiger charge is -2.25. The maximum absolute atomic E-state index is 13.1. The molecule has 0 amide bonds. The first-order valence-corrected chi connectivity index (χ1v) is 7.91. The van der Waals surface area contributed by atoms with Crippen molar-refractivity contribution in [2.75, 3.05) is 6.61 Å². The second kappa shape index (κ2) is 6.02. The van der Waals surface area contributed by atoms with Gasteiger partial charge in [0.05, 0.1) is 10.2 Å². The Morgan fingerprint density at radius 3 is 3.15 bits per heavy atom. The molecule has 20 heavy (non-hydrogen) atoms.